The van der Waals surface area contributed by atoms with Gasteiger partial charge < -0.3 is 9.73 Å². The van der Waals surface area contributed by atoms with E-state index in [1.165, 1.54) is 13.2 Å². The Hall–Kier alpha value is -3.10. The maximum Gasteiger partial charge on any atom is 0.261 e. The van der Waals surface area contributed by atoms with Gasteiger partial charge >= 0.3 is 0 Å². The predicted octanol–water partition coefficient (Wildman–Crippen LogP) is 4.26. The van der Waals surface area contributed by atoms with Crippen LogP contribution in [-0.2, 0) is 16.4 Å². The first-order valence-corrected chi connectivity index (χ1v) is 7.97. The lowest BCUT2D eigenvalue weighted by Crippen LogP contribution is -2.15. The molecule has 1 amide bonds. The van der Waals surface area contributed by atoms with E-state index in [9.17, 15) is 13.6 Å². The molecule has 1 N–H and O–H groups in total. The van der Waals surface area contributed by atoms with E-state index in [1.54, 1.807) is 31.2 Å². The van der Waals surface area contributed by atoms with Crippen LogP contribution in [0, 0.1) is 18.6 Å². The topological polar surface area (TPSA) is 73.6 Å². The Morgan fingerprint density at radius 1 is 1.15 bits per heavy atom. The lowest BCUT2D eigenvalue weighted by molar-refractivity contribution is -0.285. The van der Waals surface area contributed by atoms with Gasteiger partial charge in [-0.1, -0.05) is 6.07 Å². The second-order valence-electron chi connectivity index (χ2n) is 5.58. The van der Waals surface area contributed by atoms with Crippen molar-refractivity contribution in [2.75, 3.05) is 12.4 Å². The van der Waals surface area contributed by atoms with Crippen LogP contribution in [0.2, 0.25) is 0 Å². The monoisotopic (exact) mass is 374 g/mol. The van der Waals surface area contributed by atoms with E-state index in [0.29, 0.717) is 23.0 Å². The molecule has 0 unspecified atom stereocenters. The summed E-state index contributed by atoms with van der Waals surface area (Å²) in [5.74, 6) is -1.81. The van der Waals surface area contributed by atoms with Crippen molar-refractivity contribution in [3.8, 4) is 11.3 Å². The van der Waals surface area contributed by atoms with Crippen LogP contribution in [0.3, 0.4) is 0 Å². The second-order valence-corrected chi connectivity index (χ2v) is 5.58. The van der Waals surface area contributed by atoms with Crippen LogP contribution in [0.15, 0.2) is 46.9 Å². The normalized spacial score (nSPS) is 10.8. The quantitative estimate of drug-likeness (QED) is 0.516. The number of nitrogens with zero attached hydrogens (tertiary/aromatic N) is 1. The molecular formula is C19H16F2N2O4. The summed E-state index contributed by atoms with van der Waals surface area (Å²) < 4.78 is 33.0. The molecule has 2 aromatic carbocycles. The third-order valence-corrected chi connectivity index (χ3v) is 3.74. The van der Waals surface area contributed by atoms with Gasteiger partial charge in [-0.2, -0.15) is 0 Å². The Morgan fingerprint density at radius 3 is 2.44 bits per heavy atom. The molecule has 0 saturated heterocycles. The minimum absolute atomic E-state index is 0.0691. The average molecular weight is 374 g/mol. The summed E-state index contributed by atoms with van der Waals surface area (Å²) in [7, 11) is 1.39. The number of aryl methyl sites for hydroxylation is 1. The van der Waals surface area contributed by atoms with E-state index in [2.05, 4.69) is 15.2 Å². The molecule has 1 aromatic heterocycles. The first kappa shape index (κ1) is 18.7. The lowest BCUT2D eigenvalue weighted by atomic mass is 10.1. The van der Waals surface area contributed by atoms with Gasteiger partial charge in [-0.05, 0) is 43.3 Å². The van der Waals surface area contributed by atoms with Crippen molar-refractivity contribution in [1.82, 2.24) is 4.98 Å². The summed E-state index contributed by atoms with van der Waals surface area (Å²) in [5, 5.41) is 2.46. The third-order valence-electron chi connectivity index (χ3n) is 3.74. The van der Waals surface area contributed by atoms with Gasteiger partial charge in [0.05, 0.1) is 12.8 Å². The average Bonchev–Trinajstić information content (AvgIpc) is 3.01. The predicted molar refractivity (Wildman–Crippen MR) is 92.8 cm³/mol. The Bertz CT molecular complexity index is 935. The van der Waals surface area contributed by atoms with Crippen LogP contribution in [0.25, 0.3) is 11.3 Å². The number of halogens is 2. The van der Waals surface area contributed by atoms with Crippen LogP contribution >= 0.6 is 0 Å². The van der Waals surface area contributed by atoms with Gasteiger partial charge in [-0.3, -0.25) is 4.79 Å². The molecule has 140 valence electrons. The number of carbonyl (C=O) groups is 1. The smallest absolute Gasteiger partial charge is 0.261 e. The fourth-order valence-electron chi connectivity index (χ4n) is 2.50. The van der Waals surface area contributed by atoms with E-state index in [4.69, 9.17) is 9.30 Å². The lowest BCUT2D eigenvalue weighted by Gasteiger charge is -2.07. The molecule has 0 aliphatic carbocycles. The Morgan fingerprint density at radius 2 is 1.81 bits per heavy atom. The zero-order chi connectivity index (χ0) is 19.4. The molecular weight excluding hydrogens is 358 g/mol. The van der Waals surface area contributed by atoms with Gasteiger partial charge in [-0.15, -0.1) is 0 Å². The standard InChI is InChI=1S/C19H16F2N2O4/c1-11-18(27-16(22-11)10-26-25-2)12-6-8-13(9-7-12)23-19(24)17-14(20)4-3-5-15(17)21/h3-9H,10H2,1-2H3,(H,23,24). The fraction of sp³-hybridized carbons (Fsp3) is 0.158. The Kier molecular flexibility index (Phi) is 5.58. The molecule has 8 heteroatoms. The minimum atomic E-state index is -0.924. The molecule has 0 aliphatic rings. The molecule has 0 aliphatic heterocycles. The van der Waals surface area contributed by atoms with Crippen molar-refractivity contribution in [3.63, 3.8) is 0 Å². The third kappa shape index (κ3) is 4.18. The van der Waals surface area contributed by atoms with Gasteiger partial charge in [0, 0.05) is 11.3 Å². The van der Waals surface area contributed by atoms with Crippen LogP contribution in [0.4, 0.5) is 14.5 Å². The summed E-state index contributed by atoms with van der Waals surface area (Å²) in [6.07, 6.45) is 0. The molecule has 3 aromatic rings. The molecule has 0 saturated carbocycles. The number of aromatic nitrogens is 1. The van der Waals surface area contributed by atoms with Gasteiger partial charge in [0.25, 0.3) is 5.91 Å². The highest BCUT2D eigenvalue weighted by molar-refractivity contribution is 6.04. The summed E-state index contributed by atoms with van der Waals surface area (Å²) in [4.78, 5) is 25.6. The first-order chi connectivity index (χ1) is 13.0. The molecule has 6 nitrogen and oxygen atoms in total. The minimum Gasteiger partial charge on any atom is -0.438 e. The highest BCUT2D eigenvalue weighted by atomic mass is 19.1. The highest BCUT2D eigenvalue weighted by Crippen LogP contribution is 2.26. The van der Waals surface area contributed by atoms with Crippen LogP contribution in [0.1, 0.15) is 21.9 Å². The molecule has 0 radical (unpaired) electrons. The van der Waals surface area contributed by atoms with E-state index < -0.39 is 23.1 Å². The van der Waals surface area contributed by atoms with Crippen LogP contribution in [0.5, 0.6) is 0 Å². The zero-order valence-corrected chi connectivity index (χ0v) is 14.6. The Labute approximate surface area is 153 Å². The fourth-order valence-corrected chi connectivity index (χ4v) is 2.50. The number of amides is 1. The van der Waals surface area contributed by atoms with Gasteiger partial charge in [0.2, 0.25) is 5.89 Å². The zero-order valence-electron chi connectivity index (χ0n) is 14.6. The SMILES string of the molecule is COOCc1nc(C)c(-c2ccc(NC(=O)c3c(F)cccc3F)cc2)o1. The van der Waals surface area contributed by atoms with Crippen molar-refractivity contribution >= 4 is 11.6 Å². The number of hydrogen-bond donors (Lipinski definition) is 1. The van der Waals surface area contributed by atoms with Crippen molar-refractivity contribution in [1.29, 1.82) is 0 Å². The first-order valence-electron chi connectivity index (χ1n) is 7.97. The van der Waals surface area contributed by atoms with E-state index in [1.807, 2.05) is 0 Å². The number of nitrogens with one attached hydrogen (secondary N) is 1. The number of benzene rings is 2. The molecule has 1 heterocycles. The number of rotatable bonds is 6. The van der Waals surface area contributed by atoms with Crippen molar-refractivity contribution in [2.24, 2.45) is 0 Å². The van der Waals surface area contributed by atoms with Crippen molar-refractivity contribution in [2.45, 2.75) is 13.5 Å². The number of carbonyl (C=O) groups excluding carboxylic acids is 1. The number of anilines is 1. The largest absolute Gasteiger partial charge is 0.438 e. The summed E-state index contributed by atoms with van der Waals surface area (Å²) in [6, 6.07) is 9.83. The van der Waals surface area contributed by atoms with E-state index in [0.717, 1.165) is 17.7 Å². The molecule has 0 fully saturated rings. The maximum atomic E-state index is 13.7. The molecule has 0 atom stereocenters. The summed E-state index contributed by atoms with van der Waals surface area (Å²) in [5.41, 5.74) is 1.13. The highest BCUT2D eigenvalue weighted by Gasteiger charge is 2.17. The number of oxazole rings is 1. The molecule has 3 rings (SSSR count). The maximum absolute atomic E-state index is 13.7. The van der Waals surface area contributed by atoms with Crippen LogP contribution < -0.4 is 5.32 Å². The van der Waals surface area contributed by atoms with Gasteiger partial charge in [-0.25, -0.2) is 23.5 Å². The molecule has 27 heavy (non-hydrogen) atoms. The van der Waals surface area contributed by atoms with Gasteiger partial charge in [0.1, 0.15) is 17.2 Å². The Balaban J connectivity index is 1.76. The second kappa shape index (κ2) is 8.07. The summed E-state index contributed by atoms with van der Waals surface area (Å²) >= 11 is 0. The molecule has 0 bridgehead atoms. The van der Waals surface area contributed by atoms with Gasteiger partial charge in [0.15, 0.2) is 12.4 Å². The van der Waals surface area contributed by atoms with Crippen LogP contribution in [-0.4, -0.2) is 18.0 Å². The van der Waals surface area contributed by atoms with Crippen molar-refractivity contribution in [3.05, 3.63) is 71.2 Å². The molecule has 0 spiro atoms. The summed E-state index contributed by atoms with van der Waals surface area (Å²) in [6.45, 7) is 1.85. The number of hydrogen-bond acceptors (Lipinski definition) is 5. The van der Waals surface area contributed by atoms with E-state index in [-0.39, 0.29) is 6.61 Å². The van der Waals surface area contributed by atoms with E-state index >= 15 is 0 Å². The van der Waals surface area contributed by atoms with Crippen molar-refractivity contribution < 1.29 is 27.8 Å².